The lowest BCUT2D eigenvalue weighted by molar-refractivity contribution is -0.123. The molecule has 1 aromatic carbocycles. The van der Waals surface area contributed by atoms with E-state index in [4.69, 9.17) is 21.1 Å². The lowest BCUT2D eigenvalue weighted by Gasteiger charge is -2.31. The van der Waals surface area contributed by atoms with Gasteiger partial charge in [-0.2, -0.15) is 0 Å². The van der Waals surface area contributed by atoms with Crippen molar-refractivity contribution in [1.82, 2.24) is 5.32 Å². The van der Waals surface area contributed by atoms with Crippen LogP contribution in [0.1, 0.15) is 11.7 Å². The van der Waals surface area contributed by atoms with E-state index < -0.39 is 23.9 Å². The Bertz CT molecular complexity index is 622. The van der Waals surface area contributed by atoms with Gasteiger partial charge in [-0.25, -0.2) is 9.18 Å². The maximum atomic E-state index is 14.3. The number of nitrogens with one attached hydrogen (secondary N) is 1. The maximum Gasteiger partial charge on any atom is 0.415 e. The minimum Gasteiger partial charge on any atom is -0.489 e. The molecule has 20 heavy (non-hydrogen) atoms. The molecule has 0 bridgehead atoms. The molecule has 1 saturated heterocycles. The lowest BCUT2D eigenvalue weighted by atomic mass is 10.0. The quantitative estimate of drug-likeness (QED) is 0.853. The van der Waals surface area contributed by atoms with E-state index in [1.807, 2.05) is 5.32 Å². The van der Waals surface area contributed by atoms with Crippen molar-refractivity contribution in [1.29, 1.82) is 0 Å². The van der Waals surface area contributed by atoms with Crippen LogP contribution in [0.15, 0.2) is 6.07 Å². The Balaban J connectivity index is 2.21. The van der Waals surface area contributed by atoms with Crippen molar-refractivity contribution in [2.75, 3.05) is 25.1 Å². The summed E-state index contributed by atoms with van der Waals surface area (Å²) in [4.78, 5) is 24.6. The Morgan fingerprint density at radius 2 is 2.25 bits per heavy atom. The van der Waals surface area contributed by atoms with Crippen LogP contribution in [0.25, 0.3) is 0 Å². The lowest BCUT2D eigenvalue weighted by Crippen LogP contribution is -2.31. The van der Waals surface area contributed by atoms with E-state index in [1.54, 1.807) is 11.9 Å². The van der Waals surface area contributed by atoms with Crippen LogP contribution < -0.4 is 15.0 Å². The van der Waals surface area contributed by atoms with Crippen LogP contribution >= 0.6 is 11.6 Å². The number of imide groups is 1. The number of rotatable bonds is 1. The number of anilines is 1. The molecule has 2 aliphatic rings. The monoisotopic (exact) mass is 300 g/mol. The standard InChI is InChI=1S/C12H10ClFN2O4/c1-16-2-3-19-6-4-5(13)8(14)7(9(6)16)10-11(17)15-12(18)20-10/h4,10H,2-3H2,1H3,(H,15,17,18). The second kappa shape index (κ2) is 4.52. The molecule has 6 nitrogen and oxygen atoms in total. The van der Waals surface area contributed by atoms with E-state index in [2.05, 4.69) is 0 Å². The number of fused-ring (bicyclic) bond motifs is 1. The summed E-state index contributed by atoms with van der Waals surface area (Å²) >= 11 is 5.82. The van der Waals surface area contributed by atoms with Crippen molar-refractivity contribution in [2.45, 2.75) is 6.10 Å². The highest BCUT2D eigenvalue weighted by Crippen LogP contribution is 2.44. The highest BCUT2D eigenvalue weighted by atomic mass is 35.5. The number of nitrogens with zero attached hydrogens (tertiary/aromatic N) is 1. The van der Waals surface area contributed by atoms with Crippen LogP contribution in [0.5, 0.6) is 5.75 Å². The number of halogens is 2. The molecule has 1 aromatic rings. The van der Waals surface area contributed by atoms with Gasteiger partial charge in [0.15, 0.2) is 5.82 Å². The SMILES string of the molecule is CN1CCOc2cc(Cl)c(F)c(C3OC(=O)NC3=O)c21. The maximum absolute atomic E-state index is 14.3. The van der Waals surface area contributed by atoms with E-state index in [1.165, 1.54) is 6.07 Å². The van der Waals surface area contributed by atoms with Gasteiger partial charge in [-0.3, -0.25) is 10.1 Å². The number of alkyl carbamates (subject to hydrolysis) is 1. The predicted molar refractivity (Wildman–Crippen MR) is 67.5 cm³/mol. The van der Waals surface area contributed by atoms with Crippen LogP contribution in [-0.2, 0) is 9.53 Å². The third kappa shape index (κ3) is 1.85. The van der Waals surface area contributed by atoms with Crippen molar-refractivity contribution < 1.29 is 23.5 Å². The van der Waals surface area contributed by atoms with E-state index in [9.17, 15) is 14.0 Å². The Hall–Kier alpha value is -2.02. The van der Waals surface area contributed by atoms with E-state index in [-0.39, 0.29) is 10.6 Å². The number of carbonyl (C=O) groups excluding carboxylic acids is 2. The fraction of sp³-hybridized carbons (Fsp3) is 0.333. The fourth-order valence-corrected chi connectivity index (χ4v) is 2.51. The summed E-state index contributed by atoms with van der Waals surface area (Å²) in [6.07, 6.45) is -2.27. The van der Waals surface area contributed by atoms with Gasteiger partial charge in [-0.15, -0.1) is 0 Å². The highest BCUT2D eigenvalue weighted by Gasteiger charge is 2.40. The van der Waals surface area contributed by atoms with Gasteiger partial charge in [-0.1, -0.05) is 11.6 Å². The molecule has 1 unspecified atom stereocenters. The first kappa shape index (κ1) is 13.0. The van der Waals surface area contributed by atoms with Crippen molar-refractivity contribution >= 4 is 29.3 Å². The van der Waals surface area contributed by atoms with Gasteiger partial charge in [0.1, 0.15) is 12.4 Å². The zero-order chi connectivity index (χ0) is 14.4. The summed E-state index contributed by atoms with van der Waals surface area (Å²) in [7, 11) is 1.73. The molecule has 8 heteroatoms. The number of hydrogen-bond acceptors (Lipinski definition) is 5. The van der Waals surface area contributed by atoms with Crippen molar-refractivity contribution in [3.8, 4) is 5.75 Å². The number of benzene rings is 1. The number of likely N-dealkylation sites (N-methyl/N-ethyl adjacent to an activating group) is 1. The number of amides is 2. The smallest absolute Gasteiger partial charge is 0.415 e. The third-order valence-corrected chi connectivity index (χ3v) is 3.48. The molecule has 0 spiro atoms. The Labute approximate surface area is 118 Å². The van der Waals surface area contributed by atoms with Crippen LogP contribution in [0.2, 0.25) is 5.02 Å². The van der Waals surface area contributed by atoms with Crippen molar-refractivity contribution in [2.24, 2.45) is 0 Å². The molecule has 2 amide bonds. The average molecular weight is 301 g/mol. The van der Waals surface area contributed by atoms with Gasteiger partial charge in [0.25, 0.3) is 5.91 Å². The highest BCUT2D eigenvalue weighted by molar-refractivity contribution is 6.31. The predicted octanol–water partition coefficient (Wildman–Crippen LogP) is 1.62. The Morgan fingerprint density at radius 3 is 2.90 bits per heavy atom. The summed E-state index contributed by atoms with van der Waals surface area (Å²) in [5, 5.41) is 1.77. The second-order valence-corrected chi connectivity index (χ2v) is 4.88. The largest absolute Gasteiger partial charge is 0.489 e. The van der Waals surface area contributed by atoms with Crippen molar-refractivity contribution in [3.05, 3.63) is 22.5 Å². The summed E-state index contributed by atoms with van der Waals surface area (Å²) in [6.45, 7) is 0.935. The van der Waals surface area contributed by atoms with E-state index in [0.717, 1.165) is 0 Å². The first-order chi connectivity index (χ1) is 9.49. The molecule has 3 rings (SSSR count). The Morgan fingerprint density at radius 1 is 1.50 bits per heavy atom. The molecule has 0 saturated carbocycles. The third-order valence-electron chi connectivity index (χ3n) is 3.21. The molecule has 0 aliphatic carbocycles. The molecule has 2 aliphatic heterocycles. The van der Waals surface area contributed by atoms with Gasteiger partial charge in [0.2, 0.25) is 6.10 Å². The van der Waals surface area contributed by atoms with Gasteiger partial charge < -0.3 is 14.4 Å². The topological polar surface area (TPSA) is 67.9 Å². The van der Waals surface area contributed by atoms with Crippen LogP contribution in [0, 0.1) is 5.82 Å². The van der Waals surface area contributed by atoms with Gasteiger partial charge in [-0.05, 0) is 0 Å². The molecule has 0 aromatic heterocycles. The van der Waals surface area contributed by atoms with Crippen LogP contribution in [-0.4, -0.2) is 32.2 Å². The minimum absolute atomic E-state index is 0.0851. The number of ether oxygens (including phenoxy) is 2. The normalized spacial score (nSPS) is 21.1. The van der Waals surface area contributed by atoms with E-state index in [0.29, 0.717) is 24.6 Å². The van der Waals surface area contributed by atoms with Crippen LogP contribution in [0.3, 0.4) is 0 Å². The van der Waals surface area contributed by atoms with Gasteiger partial charge in [0, 0.05) is 13.1 Å². The van der Waals surface area contributed by atoms with Gasteiger partial charge in [0.05, 0.1) is 22.8 Å². The minimum atomic E-state index is -1.36. The first-order valence-electron chi connectivity index (χ1n) is 5.86. The molecule has 1 fully saturated rings. The Kier molecular flexibility index (Phi) is 2.93. The molecular weight excluding hydrogens is 291 g/mol. The summed E-state index contributed by atoms with van der Waals surface area (Å²) in [5.74, 6) is -1.16. The molecular formula is C12H10ClFN2O4. The second-order valence-electron chi connectivity index (χ2n) is 4.48. The van der Waals surface area contributed by atoms with Gasteiger partial charge >= 0.3 is 6.09 Å². The molecule has 0 radical (unpaired) electrons. The first-order valence-corrected chi connectivity index (χ1v) is 6.24. The van der Waals surface area contributed by atoms with Crippen LogP contribution in [0.4, 0.5) is 14.9 Å². The van der Waals surface area contributed by atoms with E-state index >= 15 is 0 Å². The summed E-state index contributed by atoms with van der Waals surface area (Å²) in [6, 6.07) is 1.35. The zero-order valence-electron chi connectivity index (χ0n) is 10.4. The summed E-state index contributed by atoms with van der Waals surface area (Å²) in [5.41, 5.74) is 0.283. The zero-order valence-corrected chi connectivity index (χ0v) is 11.2. The van der Waals surface area contributed by atoms with Crippen molar-refractivity contribution in [3.63, 3.8) is 0 Å². The molecule has 1 N–H and O–H groups in total. The average Bonchev–Trinajstić information content (AvgIpc) is 2.71. The molecule has 106 valence electrons. The summed E-state index contributed by atoms with van der Waals surface area (Å²) < 4.78 is 24.6. The molecule has 1 atom stereocenters. The fourth-order valence-electron chi connectivity index (χ4n) is 2.31. The number of hydrogen-bond donors (Lipinski definition) is 1. The number of carbonyl (C=O) groups is 2. The number of cyclic esters (lactones) is 1. The molecule has 2 heterocycles.